The van der Waals surface area contributed by atoms with Gasteiger partial charge in [-0.05, 0) is 43.1 Å². The monoisotopic (exact) mass is 255 g/mol. The van der Waals surface area contributed by atoms with Crippen LogP contribution in [0.2, 0.25) is 0 Å². The van der Waals surface area contributed by atoms with Gasteiger partial charge in [-0.15, -0.1) is 0 Å². The van der Waals surface area contributed by atoms with E-state index in [0.29, 0.717) is 0 Å². The van der Waals surface area contributed by atoms with E-state index in [1.165, 1.54) is 5.56 Å². The minimum absolute atomic E-state index is 0.191. The Hall–Kier alpha value is -0.380. The minimum Gasteiger partial charge on any atom is -0.387 e. The van der Waals surface area contributed by atoms with Crippen LogP contribution in [-0.2, 0) is 6.42 Å². The Balaban J connectivity index is 2.38. The second kappa shape index (κ2) is 4.01. The first-order chi connectivity index (χ1) is 6.72. The molecule has 0 saturated heterocycles. The van der Waals surface area contributed by atoms with E-state index in [-0.39, 0.29) is 12.1 Å². The highest BCUT2D eigenvalue weighted by atomic mass is 79.9. The van der Waals surface area contributed by atoms with Crippen LogP contribution in [0.1, 0.15) is 23.7 Å². The van der Waals surface area contributed by atoms with Crippen LogP contribution in [0, 0.1) is 0 Å². The summed E-state index contributed by atoms with van der Waals surface area (Å²) in [5.41, 5.74) is 2.33. The van der Waals surface area contributed by atoms with Crippen molar-refractivity contribution < 1.29 is 5.11 Å². The van der Waals surface area contributed by atoms with Crippen molar-refractivity contribution >= 4 is 15.9 Å². The number of rotatable bonds is 1. The third kappa shape index (κ3) is 1.72. The van der Waals surface area contributed by atoms with Gasteiger partial charge in [0, 0.05) is 10.5 Å². The van der Waals surface area contributed by atoms with Crippen molar-refractivity contribution in [2.75, 3.05) is 7.05 Å². The summed E-state index contributed by atoms with van der Waals surface area (Å²) in [6.07, 6.45) is 1.68. The number of hydrogen-bond donors (Lipinski definition) is 2. The maximum atomic E-state index is 10.1. The first-order valence-electron chi connectivity index (χ1n) is 4.86. The second-order valence-corrected chi connectivity index (χ2v) is 4.64. The summed E-state index contributed by atoms with van der Waals surface area (Å²) < 4.78 is 1.03. The summed E-state index contributed by atoms with van der Waals surface area (Å²) in [5.74, 6) is 0. The Morgan fingerprint density at radius 1 is 1.50 bits per heavy atom. The minimum atomic E-state index is -0.374. The molecule has 2 unspecified atom stereocenters. The van der Waals surface area contributed by atoms with E-state index in [9.17, 15) is 5.11 Å². The van der Waals surface area contributed by atoms with Crippen LogP contribution in [0.3, 0.4) is 0 Å². The van der Waals surface area contributed by atoms with Crippen molar-refractivity contribution in [2.45, 2.75) is 25.0 Å². The number of likely N-dealkylation sites (N-methyl/N-ethyl adjacent to an activating group) is 1. The van der Waals surface area contributed by atoms with Crippen LogP contribution < -0.4 is 5.32 Å². The average Bonchev–Trinajstić information content (AvgIpc) is 2.20. The fourth-order valence-electron chi connectivity index (χ4n) is 2.06. The van der Waals surface area contributed by atoms with E-state index < -0.39 is 0 Å². The van der Waals surface area contributed by atoms with Crippen LogP contribution in [0.4, 0.5) is 0 Å². The maximum Gasteiger partial charge on any atom is 0.0946 e. The van der Waals surface area contributed by atoms with E-state index in [1.54, 1.807) is 0 Å². The van der Waals surface area contributed by atoms with Gasteiger partial charge < -0.3 is 10.4 Å². The first-order valence-corrected chi connectivity index (χ1v) is 5.65. The number of benzene rings is 1. The number of aliphatic hydroxyl groups is 1. The molecule has 1 aliphatic rings. The lowest BCUT2D eigenvalue weighted by Gasteiger charge is -2.29. The highest BCUT2D eigenvalue weighted by Gasteiger charge is 2.26. The van der Waals surface area contributed by atoms with Gasteiger partial charge in [0.2, 0.25) is 0 Å². The molecular weight excluding hydrogens is 242 g/mol. The number of fused-ring (bicyclic) bond motifs is 1. The molecule has 0 spiro atoms. The van der Waals surface area contributed by atoms with Crippen molar-refractivity contribution in [3.63, 3.8) is 0 Å². The summed E-state index contributed by atoms with van der Waals surface area (Å²) in [6.45, 7) is 0. The Morgan fingerprint density at radius 3 is 3.00 bits per heavy atom. The molecule has 3 heteroatoms. The van der Waals surface area contributed by atoms with E-state index in [2.05, 4.69) is 27.3 Å². The van der Waals surface area contributed by atoms with Crippen LogP contribution >= 0.6 is 15.9 Å². The Kier molecular flexibility index (Phi) is 2.91. The molecule has 1 aromatic rings. The van der Waals surface area contributed by atoms with Gasteiger partial charge in [-0.25, -0.2) is 0 Å². The van der Waals surface area contributed by atoms with Crippen molar-refractivity contribution in [2.24, 2.45) is 0 Å². The van der Waals surface area contributed by atoms with Crippen molar-refractivity contribution in [3.8, 4) is 0 Å². The van der Waals surface area contributed by atoms with E-state index in [1.807, 2.05) is 19.2 Å². The lowest BCUT2D eigenvalue weighted by Crippen LogP contribution is -2.35. The predicted octanol–water partition coefficient (Wildman–Crippen LogP) is 2.02. The van der Waals surface area contributed by atoms with Crippen LogP contribution in [0.25, 0.3) is 0 Å². The number of nitrogens with one attached hydrogen (secondary N) is 1. The van der Waals surface area contributed by atoms with Gasteiger partial charge >= 0.3 is 0 Å². The lowest BCUT2D eigenvalue weighted by atomic mass is 9.86. The summed E-state index contributed by atoms with van der Waals surface area (Å²) in [5, 5.41) is 13.2. The van der Waals surface area contributed by atoms with Crippen LogP contribution in [0.5, 0.6) is 0 Å². The smallest absolute Gasteiger partial charge is 0.0946 e. The van der Waals surface area contributed by atoms with E-state index >= 15 is 0 Å². The molecule has 14 heavy (non-hydrogen) atoms. The van der Waals surface area contributed by atoms with Gasteiger partial charge in [0.25, 0.3) is 0 Å². The topological polar surface area (TPSA) is 32.3 Å². The molecule has 1 aliphatic carbocycles. The lowest BCUT2D eigenvalue weighted by molar-refractivity contribution is 0.119. The predicted molar refractivity (Wildman–Crippen MR) is 60.3 cm³/mol. The molecule has 2 N–H and O–H groups in total. The zero-order chi connectivity index (χ0) is 10.1. The molecule has 0 saturated carbocycles. The zero-order valence-corrected chi connectivity index (χ0v) is 9.71. The van der Waals surface area contributed by atoms with Gasteiger partial charge in [0.05, 0.1) is 6.10 Å². The molecular formula is C11H14BrNO. The number of hydrogen-bond acceptors (Lipinski definition) is 2. The maximum absolute atomic E-state index is 10.1. The fraction of sp³-hybridized carbons (Fsp3) is 0.455. The molecule has 2 rings (SSSR count). The highest BCUT2D eigenvalue weighted by Crippen LogP contribution is 2.31. The molecule has 0 amide bonds. The van der Waals surface area contributed by atoms with Crippen molar-refractivity contribution in [1.29, 1.82) is 0 Å². The Morgan fingerprint density at radius 2 is 2.29 bits per heavy atom. The van der Waals surface area contributed by atoms with Gasteiger partial charge in [-0.1, -0.05) is 22.0 Å². The molecule has 2 nitrogen and oxygen atoms in total. The summed E-state index contributed by atoms with van der Waals surface area (Å²) in [7, 11) is 1.90. The molecule has 0 radical (unpaired) electrons. The molecule has 0 aromatic heterocycles. The molecule has 0 bridgehead atoms. The highest BCUT2D eigenvalue weighted by molar-refractivity contribution is 9.10. The van der Waals surface area contributed by atoms with Crippen LogP contribution in [0.15, 0.2) is 22.7 Å². The van der Waals surface area contributed by atoms with Crippen molar-refractivity contribution in [3.05, 3.63) is 33.8 Å². The quantitative estimate of drug-likeness (QED) is 0.805. The largest absolute Gasteiger partial charge is 0.387 e. The molecule has 0 heterocycles. The molecule has 76 valence electrons. The van der Waals surface area contributed by atoms with Gasteiger partial charge in [-0.2, -0.15) is 0 Å². The van der Waals surface area contributed by atoms with Gasteiger partial charge in [0.15, 0.2) is 0 Å². The third-order valence-electron chi connectivity index (χ3n) is 2.90. The average molecular weight is 256 g/mol. The molecule has 0 fully saturated rings. The number of halogens is 1. The molecule has 1 aromatic carbocycles. The molecule has 2 atom stereocenters. The van der Waals surface area contributed by atoms with Gasteiger partial charge in [0.1, 0.15) is 0 Å². The molecule has 0 aliphatic heterocycles. The van der Waals surface area contributed by atoms with Crippen LogP contribution in [-0.4, -0.2) is 18.2 Å². The number of aliphatic hydroxyl groups excluding tert-OH is 1. The second-order valence-electron chi connectivity index (χ2n) is 3.72. The Bertz CT molecular complexity index is 340. The fourth-order valence-corrected chi connectivity index (χ4v) is 2.44. The van der Waals surface area contributed by atoms with Crippen molar-refractivity contribution in [1.82, 2.24) is 5.32 Å². The Labute approximate surface area is 92.5 Å². The summed E-state index contributed by atoms with van der Waals surface area (Å²) >= 11 is 3.43. The SMILES string of the molecule is CNC1CCc2ccc(Br)cc2C1O. The van der Waals surface area contributed by atoms with Gasteiger partial charge in [-0.3, -0.25) is 0 Å². The third-order valence-corrected chi connectivity index (χ3v) is 3.40. The number of aryl methyl sites for hydroxylation is 1. The normalized spacial score (nSPS) is 25.9. The zero-order valence-electron chi connectivity index (χ0n) is 8.13. The first kappa shape index (κ1) is 10.1. The van der Waals surface area contributed by atoms with E-state index in [0.717, 1.165) is 22.9 Å². The standard InChI is InChI=1S/C11H14BrNO/c1-13-10-5-3-7-2-4-8(12)6-9(7)11(10)14/h2,4,6,10-11,13-14H,3,5H2,1H3. The summed E-state index contributed by atoms with van der Waals surface area (Å²) in [4.78, 5) is 0. The summed E-state index contributed by atoms with van der Waals surface area (Å²) in [6, 6.07) is 6.33. The van der Waals surface area contributed by atoms with E-state index in [4.69, 9.17) is 0 Å².